The minimum atomic E-state index is -1.10. The Labute approximate surface area is 138 Å². The summed E-state index contributed by atoms with van der Waals surface area (Å²) in [6.07, 6.45) is 3.73. The molecule has 2 aromatic rings. The van der Waals surface area contributed by atoms with Crippen molar-refractivity contribution < 1.29 is 19.1 Å². The molecule has 1 heterocycles. The lowest BCUT2D eigenvalue weighted by Gasteiger charge is -2.16. The molecule has 0 aliphatic heterocycles. The number of aliphatic carboxylic acids is 1. The second kappa shape index (κ2) is 7.12. The molecule has 0 saturated heterocycles. The normalized spacial score (nSPS) is 12.7. The summed E-state index contributed by atoms with van der Waals surface area (Å²) in [4.78, 5) is 35.3. The van der Waals surface area contributed by atoms with E-state index in [1.165, 1.54) is 12.3 Å². The Bertz CT molecular complexity index is 863. The topological polar surface area (TPSA) is 96.6 Å². The van der Waals surface area contributed by atoms with E-state index in [0.717, 1.165) is 11.6 Å². The van der Waals surface area contributed by atoms with Crippen molar-refractivity contribution >= 4 is 28.9 Å². The van der Waals surface area contributed by atoms with Crippen molar-refractivity contribution in [1.29, 1.82) is 0 Å². The number of carbonyl (C=O) groups is 2. The van der Waals surface area contributed by atoms with Crippen LogP contribution in [0.2, 0.25) is 0 Å². The summed E-state index contributed by atoms with van der Waals surface area (Å²) in [5.74, 6) is -1.94. The lowest BCUT2D eigenvalue weighted by molar-refractivity contribution is -0.142. The number of carbonyl (C=O) groups excluding carboxylic acids is 1. The molecule has 0 aliphatic carbocycles. The van der Waals surface area contributed by atoms with Gasteiger partial charge in [0.2, 0.25) is 5.91 Å². The van der Waals surface area contributed by atoms with Gasteiger partial charge < -0.3 is 14.8 Å². The number of hydrogen-bond acceptors (Lipinski definition) is 4. The highest BCUT2D eigenvalue weighted by Gasteiger charge is 2.22. The van der Waals surface area contributed by atoms with Crippen LogP contribution in [0.4, 0.5) is 0 Å². The van der Waals surface area contributed by atoms with E-state index in [-0.39, 0.29) is 16.9 Å². The minimum Gasteiger partial charge on any atom is -0.480 e. The quantitative estimate of drug-likeness (QED) is 0.821. The van der Waals surface area contributed by atoms with Crippen molar-refractivity contribution in [3.05, 3.63) is 51.9 Å². The molecule has 0 spiro atoms. The zero-order valence-corrected chi connectivity index (χ0v) is 13.7. The number of benzene rings is 1. The molecule has 0 radical (unpaired) electrons. The van der Waals surface area contributed by atoms with E-state index in [1.54, 1.807) is 26.0 Å². The smallest absolute Gasteiger partial charge is 0.326 e. The van der Waals surface area contributed by atoms with Gasteiger partial charge in [-0.1, -0.05) is 25.5 Å². The molecule has 0 fully saturated rings. The SMILES string of the molecule is Cc1ccc2occ(/C=C/C(=O)NC(C(=O)O)C(C)C)c(=O)c2c1. The molecule has 6 nitrogen and oxygen atoms in total. The summed E-state index contributed by atoms with van der Waals surface area (Å²) in [5.41, 5.74) is 1.37. The number of nitrogens with one attached hydrogen (secondary N) is 1. The van der Waals surface area contributed by atoms with Gasteiger partial charge in [0.15, 0.2) is 5.43 Å². The van der Waals surface area contributed by atoms with Gasteiger partial charge in [-0.25, -0.2) is 4.79 Å². The van der Waals surface area contributed by atoms with E-state index < -0.39 is 17.9 Å². The van der Waals surface area contributed by atoms with Gasteiger partial charge in [0, 0.05) is 6.08 Å². The molecule has 0 aliphatic rings. The number of amides is 1. The van der Waals surface area contributed by atoms with Crippen LogP contribution < -0.4 is 10.7 Å². The maximum absolute atomic E-state index is 12.4. The van der Waals surface area contributed by atoms with Gasteiger partial charge in [0.25, 0.3) is 0 Å². The van der Waals surface area contributed by atoms with Crippen LogP contribution in [0.3, 0.4) is 0 Å². The van der Waals surface area contributed by atoms with E-state index in [9.17, 15) is 14.4 Å². The molecule has 1 atom stereocenters. The van der Waals surface area contributed by atoms with Gasteiger partial charge >= 0.3 is 5.97 Å². The van der Waals surface area contributed by atoms with Crippen molar-refractivity contribution in [3.8, 4) is 0 Å². The molecular weight excluding hydrogens is 310 g/mol. The summed E-state index contributed by atoms with van der Waals surface area (Å²) in [6.45, 7) is 5.26. The number of carboxylic acids is 1. The molecule has 0 bridgehead atoms. The third kappa shape index (κ3) is 3.90. The monoisotopic (exact) mass is 329 g/mol. The molecule has 1 aromatic carbocycles. The number of fused-ring (bicyclic) bond motifs is 1. The van der Waals surface area contributed by atoms with Crippen LogP contribution in [-0.4, -0.2) is 23.0 Å². The summed E-state index contributed by atoms with van der Waals surface area (Å²) in [7, 11) is 0. The Kier molecular flexibility index (Phi) is 5.18. The van der Waals surface area contributed by atoms with Gasteiger partial charge in [0.1, 0.15) is 17.9 Å². The average Bonchev–Trinajstić information content (AvgIpc) is 2.52. The van der Waals surface area contributed by atoms with Gasteiger partial charge in [-0.05, 0) is 31.1 Å². The fraction of sp³-hybridized carbons (Fsp3) is 0.278. The van der Waals surface area contributed by atoms with Gasteiger partial charge in [-0.2, -0.15) is 0 Å². The van der Waals surface area contributed by atoms with Crippen LogP contribution in [0, 0.1) is 12.8 Å². The molecule has 2 N–H and O–H groups in total. The predicted octanol–water partition coefficient (Wildman–Crippen LogP) is 2.34. The van der Waals surface area contributed by atoms with Crippen LogP contribution in [0.15, 0.2) is 39.7 Å². The zero-order chi connectivity index (χ0) is 17.9. The number of carboxylic acid groups (broad SMARTS) is 1. The first-order valence-electron chi connectivity index (χ1n) is 7.53. The Morgan fingerprint density at radius 2 is 2.00 bits per heavy atom. The van der Waals surface area contributed by atoms with Gasteiger partial charge in [-0.3, -0.25) is 9.59 Å². The molecule has 1 unspecified atom stereocenters. The van der Waals surface area contributed by atoms with Gasteiger partial charge in [0.05, 0.1) is 10.9 Å². The highest BCUT2D eigenvalue weighted by Crippen LogP contribution is 2.13. The largest absolute Gasteiger partial charge is 0.480 e. The molecule has 24 heavy (non-hydrogen) atoms. The molecule has 6 heteroatoms. The second-order valence-corrected chi connectivity index (χ2v) is 5.92. The van der Waals surface area contributed by atoms with E-state index in [1.807, 2.05) is 13.0 Å². The number of rotatable bonds is 5. The first-order chi connectivity index (χ1) is 11.3. The minimum absolute atomic E-state index is 0.222. The molecule has 1 aromatic heterocycles. The standard InChI is InChI=1S/C18H19NO5/c1-10(2)16(18(22)23)19-15(20)7-5-12-9-24-14-6-4-11(3)8-13(14)17(12)21/h4-10,16H,1-3H3,(H,19,20)(H,22,23)/b7-5+. The predicted molar refractivity (Wildman–Crippen MR) is 90.7 cm³/mol. The van der Waals surface area contributed by atoms with Crippen LogP contribution in [0.1, 0.15) is 25.0 Å². The first kappa shape index (κ1) is 17.5. The fourth-order valence-electron chi connectivity index (χ4n) is 2.26. The van der Waals surface area contributed by atoms with Crippen molar-refractivity contribution in [1.82, 2.24) is 5.32 Å². The third-order valence-corrected chi connectivity index (χ3v) is 3.60. The highest BCUT2D eigenvalue weighted by molar-refractivity contribution is 5.94. The lowest BCUT2D eigenvalue weighted by Crippen LogP contribution is -2.43. The van der Waals surface area contributed by atoms with E-state index in [4.69, 9.17) is 9.52 Å². The zero-order valence-electron chi connectivity index (χ0n) is 13.7. The number of hydrogen-bond donors (Lipinski definition) is 2. The van der Waals surface area contributed by atoms with Crippen molar-refractivity contribution in [2.45, 2.75) is 26.8 Å². The van der Waals surface area contributed by atoms with Crippen LogP contribution in [0.25, 0.3) is 17.0 Å². The average molecular weight is 329 g/mol. The maximum Gasteiger partial charge on any atom is 0.326 e. The molecule has 2 rings (SSSR count). The summed E-state index contributed by atoms with van der Waals surface area (Å²) >= 11 is 0. The van der Waals surface area contributed by atoms with Crippen LogP contribution >= 0.6 is 0 Å². The lowest BCUT2D eigenvalue weighted by atomic mass is 10.0. The molecular formula is C18H19NO5. The molecule has 1 amide bonds. The summed E-state index contributed by atoms with van der Waals surface area (Å²) in [6, 6.07) is 4.29. The fourth-order valence-corrected chi connectivity index (χ4v) is 2.26. The van der Waals surface area contributed by atoms with E-state index >= 15 is 0 Å². The summed E-state index contributed by atoms with van der Waals surface area (Å²) in [5, 5.41) is 11.9. The highest BCUT2D eigenvalue weighted by atomic mass is 16.4. The maximum atomic E-state index is 12.4. The number of aryl methyl sites for hydroxylation is 1. The van der Waals surface area contributed by atoms with E-state index in [0.29, 0.717) is 11.0 Å². The van der Waals surface area contributed by atoms with Gasteiger partial charge in [-0.15, -0.1) is 0 Å². The van der Waals surface area contributed by atoms with E-state index in [2.05, 4.69) is 5.32 Å². The Morgan fingerprint density at radius 1 is 1.29 bits per heavy atom. The molecule has 126 valence electrons. The second-order valence-electron chi connectivity index (χ2n) is 5.92. The third-order valence-electron chi connectivity index (χ3n) is 3.60. The Balaban J connectivity index is 2.24. The van der Waals surface area contributed by atoms with Crippen molar-refractivity contribution in [2.75, 3.05) is 0 Å². The van der Waals surface area contributed by atoms with Crippen LogP contribution in [0.5, 0.6) is 0 Å². The molecule has 0 saturated carbocycles. The summed E-state index contributed by atoms with van der Waals surface area (Å²) < 4.78 is 5.39. The van der Waals surface area contributed by atoms with Crippen LogP contribution in [-0.2, 0) is 9.59 Å². The van der Waals surface area contributed by atoms with Crippen molar-refractivity contribution in [3.63, 3.8) is 0 Å². The Morgan fingerprint density at radius 3 is 2.62 bits per heavy atom. The Hall–Kier alpha value is -2.89. The first-order valence-corrected chi connectivity index (χ1v) is 7.53. The van der Waals surface area contributed by atoms with Crippen molar-refractivity contribution in [2.24, 2.45) is 5.92 Å².